The van der Waals surface area contributed by atoms with Gasteiger partial charge in [0.25, 0.3) is 5.19 Å². The van der Waals surface area contributed by atoms with Crippen molar-refractivity contribution in [3.63, 3.8) is 0 Å². The van der Waals surface area contributed by atoms with Crippen LogP contribution in [-0.4, -0.2) is 23.7 Å². The highest BCUT2D eigenvalue weighted by Gasteiger charge is 2.42. The molecule has 8 heteroatoms. The van der Waals surface area contributed by atoms with Gasteiger partial charge < -0.3 is 9.64 Å². The number of hydrogen-bond acceptors (Lipinski definition) is 3. The van der Waals surface area contributed by atoms with Crippen LogP contribution in [0.25, 0.3) is 0 Å². The Labute approximate surface area is 146 Å². The molecule has 23 heavy (non-hydrogen) atoms. The van der Waals surface area contributed by atoms with Gasteiger partial charge in [0.15, 0.2) is 0 Å². The van der Waals surface area contributed by atoms with Crippen LogP contribution in [0.5, 0.6) is 0 Å². The Morgan fingerprint density at radius 3 is 2.65 bits per heavy atom. The van der Waals surface area contributed by atoms with E-state index in [-0.39, 0.29) is 18.9 Å². The fraction of sp³-hybridized carbons (Fsp3) is 0.400. The summed E-state index contributed by atoms with van der Waals surface area (Å²) < 4.78 is 32.9. The molecule has 0 spiro atoms. The molecule has 1 saturated heterocycles. The first-order valence-electron chi connectivity index (χ1n) is 7.01. The number of carbonyl (C=O) groups is 1. The van der Waals surface area contributed by atoms with Gasteiger partial charge in [-0.15, -0.1) is 0 Å². The molecule has 1 fully saturated rings. The number of alkyl halides is 1. The Hall–Kier alpha value is -0.820. The summed E-state index contributed by atoms with van der Waals surface area (Å²) >= 11 is 12.9. The molecule has 1 amide bonds. The molecule has 2 aliphatic heterocycles. The fourth-order valence-electron chi connectivity index (χ4n) is 2.63. The smallest absolute Gasteiger partial charge is 0.268 e. The second kappa shape index (κ2) is 6.59. The maximum absolute atomic E-state index is 14.4. The molecule has 0 N–H and O–H groups in total. The summed E-state index contributed by atoms with van der Waals surface area (Å²) in [5.74, 6) is -0.702. The van der Waals surface area contributed by atoms with Gasteiger partial charge in [-0.05, 0) is 18.6 Å². The van der Waals surface area contributed by atoms with E-state index in [4.69, 9.17) is 27.9 Å². The van der Waals surface area contributed by atoms with E-state index in [1.165, 1.54) is 4.90 Å². The van der Waals surface area contributed by atoms with Crippen LogP contribution in [0.1, 0.15) is 19.3 Å². The number of thioether (sulfide) groups is 1. The summed E-state index contributed by atoms with van der Waals surface area (Å²) in [5.41, 5.74) is 0.394. The number of hydrogen-bond donors (Lipinski definition) is 0. The second-order valence-electron chi connectivity index (χ2n) is 5.37. The van der Waals surface area contributed by atoms with Gasteiger partial charge in [-0.1, -0.05) is 41.0 Å². The first-order valence-corrected chi connectivity index (χ1v) is 8.65. The Bertz CT molecular complexity index is 653. The lowest BCUT2D eigenvalue weighted by Gasteiger charge is -2.35. The molecule has 3 rings (SSSR count). The minimum Gasteiger partial charge on any atom is -0.332 e. The van der Waals surface area contributed by atoms with Gasteiger partial charge in [-0.2, -0.15) is 4.39 Å². The molecule has 0 aliphatic carbocycles. The van der Waals surface area contributed by atoms with Crippen LogP contribution >= 0.6 is 35.0 Å². The van der Waals surface area contributed by atoms with Gasteiger partial charge in [-0.25, -0.2) is 4.39 Å². The number of halogens is 4. The normalized spacial score (nSPS) is 28.2. The molecule has 124 valence electrons. The second-order valence-corrected chi connectivity index (χ2v) is 7.27. The summed E-state index contributed by atoms with van der Waals surface area (Å²) in [6.07, 6.45) is -0.430. The number of carbonyl (C=O) groups excluding carboxylic acids is 1. The van der Waals surface area contributed by atoms with Crippen LogP contribution in [0.15, 0.2) is 29.4 Å². The summed E-state index contributed by atoms with van der Waals surface area (Å²) in [5, 5.41) is -0.337. The average molecular weight is 380 g/mol. The molecule has 0 bridgehead atoms. The van der Waals surface area contributed by atoms with E-state index >= 15 is 0 Å². The van der Waals surface area contributed by atoms with Crippen molar-refractivity contribution < 1.29 is 18.3 Å². The third kappa shape index (κ3) is 3.65. The van der Waals surface area contributed by atoms with Crippen molar-refractivity contribution in [3.8, 4) is 0 Å². The molecule has 3 nitrogen and oxygen atoms in total. The van der Waals surface area contributed by atoms with Gasteiger partial charge in [0.2, 0.25) is 5.91 Å². The highest BCUT2D eigenvalue weighted by Crippen LogP contribution is 2.45. The van der Waals surface area contributed by atoms with Crippen LogP contribution in [0.2, 0.25) is 10.0 Å². The molecule has 2 unspecified atom stereocenters. The molecule has 1 aromatic carbocycles. The molecule has 0 radical (unpaired) electrons. The number of anilines is 1. The largest absolute Gasteiger partial charge is 0.332 e. The van der Waals surface area contributed by atoms with Crippen LogP contribution in [0.4, 0.5) is 14.5 Å². The first-order chi connectivity index (χ1) is 10.9. The first kappa shape index (κ1) is 17.0. The fourth-order valence-corrected chi connectivity index (χ4v) is 4.03. The van der Waals surface area contributed by atoms with Crippen LogP contribution in [-0.2, 0) is 9.53 Å². The van der Waals surface area contributed by atoms with Gasteiger partial charge in [0, 0.05) is 11.8 Å². The average Bonchev–Trinajstić information content (AvgIpc) is 2.81. The lowest BCUT2D eigenvalue weighted by atomic mass is 10.1. The van der Waals surface area contributed by atoms with Crippen LogP contribution in [0, 0.1) is 0 Å². The summed E-state index contributed by atoms with van der Waals surface area (Å²) in [6.45, 7) is 0.121. The molecular weight excluding hydrogens is 367 g/mol. The molecule has 2 heterocycles. The maximum Gasteiger partial charge on any atom is 0.268 e. The predicted molar refractivity (Wildman–Crippen MR) is 88.2 cm³/mol. The number of rotatable bonds is 3. The van der Waals surface area contributed by atoms with E-state index in [0.717, 1.165) is 5.41 Å². The maximum atomic E-state index is 14.4. The Morgan fingerprint density at radius 2 is 2.04 bits per heavy atom. The van der Waals surface area contributed by atoms with Crippen molar-refractivity contribution in [2.45, 2.75) is 30.6 Å². The monoisotopic (exact) mass is 379 g/mol. The molecule has 2 aliphatic rings. The number of ether oxygens (including phenoxy) is 1. The van der Waals surface area contributed by atoms with Crippen molar-refractivity contribution in [3.05, 3.63) is 39.5 Å². The standard InChI is InChI=1S/C15H13Cl2F2NO2S/c16-11-2-1-3-12(17)14(11)20-7-10(4-5-13(20)21)22-15(19)6-9(18)8-23-15/h1-3,8,10H,4-7H2. The number of piperidine rings is 1. The highest BCUT2D eigenvalue weighted by molar-refractivity contribution is 8.03. The zero-order chi connectivity index (χ0) is 16.6. The zero-order valence-electron chi connectivity index (χ0n) is 11.9. The zero-order valence-corrected chi connectivity index (χ0v) is 14.2. The Kier molecular flexibility index (Phi) is 4.88. The van der Waals surface area contributed by atoms with Crippen molar-refractivity contribution in [1.82, 2.24) is 0 Å². The van der Waals surface area contributed by atoms with Gasteiger partial charge in [-0.3, -0.25) is 4.79 Å². The quantitative estimate of drug-likeness (QED) is 0.733. The number of para-hydroxylation sites is 1. The van der Waals surface area contributed by atoms with E-state index in [9.17, 15) is 13.6 Å². The third-order valence-corrected chi connectivity index (χ3v) is 5.24. The van der Waals surface area contributed by atoms with E-state index in [1.54, 1.807) is 18.2 Å². The lowest BCUT2D eigenvalue weighted by molar-refractivity contribution is -0.133. The van der Waals surface area contributed by atoms with Crippen molar-refractivity contribution in [2.75, 3.05) is 11.4 Å². The summed E-state index contributed by atoms with van der Waals surface area (Å²) in [7, 11) is 0. The van der Waals surface area contributed by atoms with Gasteiger partial charge >= 0.3 is 0 Å². The summed E-state index contributed by atoms with van der Waals surface area (Å²) in [4.78, 5) is 13.6. The highest BCUT2D eigenvalue weighted by atomic mass is 35.5. The number of benzene rings is 1. The predicted octanol–water partition coefficient (Wildman–Crippen LogP) is 5.08. The minimum absolute atomic E-state index is 0.121. The van der Waals surface area contributed by atoms with Gasteiger partial charge in [0.05, 0.1) is 34.8 Å². The van der Waals surface area contributed by atoms with Crippen molar-refractivity contribution in [2.24, 2.45) is 0 Å². The van der Waals surface area contributed by atoms with Gasteiger partial charge in [0.1, 0.15) is 5.83 Å². The van der Waals surface area contributed by atoms with E-state index < -0.39 is 23.5 Å². The Balaban J connectivity index is 1.76. The molecule has 2 atom stereocenters. The minimum atomic E-state index is -2.12. The molecule has 0 aromatic heterocycles. The SMILES string of the molecule is O=C1CCC(OC2(F)CC(F)=CS2)CN1c1c(Cl)cccc1Cl. The molecule has 0 saturated carbocycles. The van der Waals surface area contributed by atoms with Crippen molar-refractivity contribution >= 4 is 46.6 Å². The molecule has 1 aromatic rings. The van der Waals surface area contributed by atoms with E-state index in [1.807, 2.05) is 0 Å². The number of amides is 1. The summed E-state index contributed by atoms with van der Waals surface area (Å²) in [6, 6.07) is 4.93. The number of nitrogens with zero attached hydrogens (tertiary/aromatic N) is 1. The van der Waals surface area contributed by atoms with Crippen LogP contribution in [0.3, 0.4) is 0 Å². The van der Waals surface area contributed by atoms with Crippen molar-refractivity contribution in [1.29, 1.82) is 0 Å². The van der Waals surface area contributed by atoms with Crippen LogP contribution < -0.4 is 4.90 Å². The third-order valence-electron chi connectivity index (χ3n) is 3.66. The topological polar surface area (TPSA) is 29.5 Å². The van der Waals surface area contributed by atoms with E-state index in [0.29, 0.717) is 33.9 Å². The Morgan fingerprint density at radius 1 is 1.35 bits per heavy atom. The lowest BCUT2D eigenvalue weighted by Crippen LogP contribution is -2.46. The van der Waals surface area contributed by atoms with E-state index in [2.05, 4.69) is 0 Å². The molecular formula is C15H13Cl2F2NO2S.